The average molecular weight is 667 g/mol. The molecule has 0 saturated carbocycles. The maximum absolute atomic E-state index is 9.19. The van der Waals surface area contributed by atoms with Crippen LogP contribution in [0.1, 0.15) is 16.7 Å². The second-order valence-corrected chi connectivity index (χ2v) is 8.21. The zero-order valence-corrected chi connectivity index (χ0v) is 22.4. The number of nitriles is 2. The first-order valence-corrected chi connectivity index (χ1v) is 11.5. The van der Waals surface area contributed by atoms with Crippen molar-refractivity contribution >= 4 is 5.69 Å². The van der Waals surface area contributed by atoms with Crippen LogP contribution < -0.4 is 0 Å². The first-order valence-electron chi connectivity index (χ1n) is 11.5. The number of aryl methyl sites for hydroxylation is 2. The molecule has 183 valence electrons. The van der Waals surface area contributed by atoms with Gasteiger partial charge in [-0.05, 0) is 46.9 Å². The molecule has 0 saturated heterocycles. The van der Waals surface area contributed by atoms with Crippen molar-refractivity contribution in [1.82, 2.24) is 14.5 Å². The minimum absolute atomic E-state index is 0. The summed E-state index contributed by atoms with van der Waals surface area (Å²) in [5.74, 6) is 1.06. The van der Waals surface area contributed by atoms with Crippen molar-refractivity contribution in [2.24, 2.45) is 0 Å². The SMILES string of the molecule is [C-]#[N+]c1cc(C#N)c(C#N)[c-]c1-c1cc(-c2ccccc2)ccn1.[Ir].[c-]1cccc2c1-c1nccn1CC2. The number of fused-ring (bicyclic) bond motifs is 3. The maximum atomic E-state index is 9.19. The zero-order chi connectivity index (χ0) is 25.6. The van der Waals surface area contributed by atoms with Gasteiger partial charge in [0.25, 0.3) is 5.69 Å². The molecule has 1 aliphatic heterocycles. The van der Waals surface area contributed by atoms with E-state index in [-0.39, 0.29) is 36.9 Å². The third-order valence-corrected chi connectivity index (χ3v) is 6.04. The van der Waals surface area contributed by atoms with Gasteiger partial charge in [-0.25, -0.2) is 10.5 Å². The van der Waals surface area contributed by atoms with E-state index in [9.17, 15) is 5.26 Å². The Hall–Kier alpha value is -4.86. The van der Waals surface area contributed by atoms with Gasteiger partial charge >= 0.3 is 0 Å². The third-order valence-electron chi connectivity index (χ3n) is 6.04. The summed E-state index contributed by atoms with van der Waals surface area (Å²) in [6, 6.07) is 31.1. The minimum Gasteiger partial charge on any atom is -0.371 e. The first kappa shape index (κ1) is 26.2. The average Bonchev–Trinajstić information content (AvgIpc) is 3.47. The smallest absolute Gasteiger partial charge is 0.254 e. The Balaban J connectivity index is 0.000000201. The molecule has 0 bridgehead atoms. The van der Waals surface area contributed by atoms with Crippen molar-refractivity contribution in [2.45, 2.75) is 13.0 Å². The van der Waals surface area contributed by atoms with E-state index < -0.39 is 0 Å². The molecule has 3 aromatic carbocycles. The standard InChI is InChI=1S/C20H9N4.C11H9N2.Ir/c1-23-19-11-17(13-22)16(12-21)9-18(19)20-10-15(7-8-24-20)14-5-3-2-4-6-14;1-2-4-10-9(3-1)5-7-13-8-6-12-11(10)13;/h2-8,10-11H;1-3,6,8H,5,7H2;/q2*-1;. The Morgan fingerprint density at radius 3 is 2.53 bits per heavy atom. The zero-order valence-electron chi connectivity index (χ0n) is 20.0. The van der Waals surface area contributed by atoms with E-state index >= 15 is 0 Å². The predicted octanol–water partition coefficient (Wildman–Crippen LogP) is 6.41. The van der Waals surface area contributed by atoms with Crippen LogP contribution in [0.5, 0.6) is 0 Å². The molecule has 1 aliphatic rings. The van der Waals surface area contributed by atoms with E-state index in [1.54, 1.807) is 6.20 Å². The summed E-state index contributed by atoms with van der Waals surface area (Å²) in [6.45, 7) is 8.38. The number of rotatable bonds is 2. The van der Waals surface area contributed by atoms with Crippen molar-refractivity contribution < 1.29 is 20.1 Å². The van der Waals surface area contributed by atoms with Crippen LogP contribution in [0.15, 0.2) is 85.3 Å². The van der Waals surface area contributed by atoms with Crippen molar-refractivity contribution in [3.63, 3.8) is 0 Å². The van der Waals surface area contributed by atoms with Gasteiger partial charge in [-0.15, -0.1) is 35.4 Å². The van der Waals surface area contributed by atoms with E-state index in [1.165, 1.54) is 17.2 Å². The van der Waals surface area contributed by atoms with Crippen molar-refractivity contribution in [3.05, 3.63) is 126 Å². The summed E-state index contributed by atoms with van der Waals surface area (Å²) in [6.07, 6.45) is 6.63. The summed E-state index contributed by atoms with van der Waals surface area (Å²) in [4.78, 5) is 12.1. The van der Waals surface area contributed by atoms with Gasteiger partial charge in [0.1, 0.15) is 6.57 Å². The second kappa shape index (κ2) is 11.9. The van der Waals surface area contributed by atoms with Crippen LogP contribution in [0.2, 0.25) is 0 Å². The molecule has 5 aromatic rings. The van der Waals surface area contributed by atoms with Gasteiger partial charge < -0.3 is 4.57 Å². The molecule has 0 spiro atoms. The fourth-order valence-electron chi connectivity index (χ4n) is 4.22. The Bertz CT molecular complexity index is 1720. The second-order valence-electron chi connectivity index (χ2n) is 8.21. The Labute approximate surface area is 234 Å². The van der Waals surface area contributed by atoms with Crippen LogP contribution in [0.3, 0.4) is 0 Å². The number of hydrogen-bond donors (Lipinski definition) is 0. The summed E-state index contributed by atoms with van der Waals surface area (Å²) in [5.41, 5.74) is 6.00. The molecule has 1 radical (unpaired) electrons. The fraction of sp³-hybridized carbons (Fsp3) is 0.0645. The predicted molar refractivity (Wildman–Crippen MR) is 140 cm³/mol. The van der Waals surface area contributed by atoms with Crippen LogP contribution in [-0.4, -0.2) is 14.5 Å². The monoisotopic (exact) mass is 667 g/mol. The van der Waals surface area contributed by atoms with Crippen LogP contribution >= 0.6 is 0 Å². The normalized spacial score (nSPS) is 10.7. The van der Waals surface area contributed by atoms with Gasteiger partial charge in [-0.2, -0.15) is 4.85 Å². The number of aromatic nitrogens is 3. The van der Waals surface area contributed by atoms with Gasteiger partial charge in [0, 0.05) is 56.5 Å². The van der Waals surface area contributed by atoms with Crippen molar-refractivity contribution in [1.29, 1.82) is 10.5 Å². The Kier molecular flexibility index (Phi) is 8.22. The molecule has 2 aromatic heterocycles. The molecule has 0 fully saturated rings. The molecular weight excluding hydrogens is 649 g/mol. The summed E-state index contributed by atoms with van der Waals surface area (Å²) in [7, 11) is 0. The molecule has 0 amide bonds. The van der Waals surface area contributed by atoms with Gasteiger partial charge in [0.05, 0.1) is 11.9 Å². The molecule has 0 atom stereocenters. The molecule has 3 heterocycles. The molecule has 0 aliphatic carbocycles. The topological polar surface area (TPSA) is 82.7 Å². The van der Waals surface area contributed by atoms with E-state index in [0.29, 0.717) is 11.3 Å². The van der Waals surface area contributed by atoms with E-state index in [0.717, 1.165) is 29.9 Å². The van der Waals surface area contributed by atoms with Crippen LogP contribution in [0, 0.1) is 41.4 Å². The summed E-state index contributed by atoms with van der Waals surface area (Å²) < 4.78 is 2.18. The molecule has 7 heteroatoms. The molecule has 6 nitrogen and oxygen atoms in total. The number of hydrogen-bond acceptors (Lipinski definition) is 4. The van der Waals surface area contributed by atoms with E-state index in [2.05, 4.69) is 37.6 Å². The third kappa shape index (κ3) is 5.29. The van der Waals surface area contributed by atoms with Crippen LogP contribution in [0.4, 0.5) is 5.69 Å². The number of nitrogens with zero attached hydrogens (tertiary/aromatic N) is 6. The largest absolute Gasteiger partial charge is 0.371 e. The Morgan fingerprint density at radius 1 is 0.921 bits per heavy atom. The van der Waals surface area contributed by atoms with E-state index in [4.69, 9.17) is 11.8 Å². The van der Waals surface area contributed by atoms with Gasteiger partial charge in [-0.1, -0.05) is 42.5 Å². The molecule has 0 N–H and O–H groups in total. The van der Waals surface area contributed by atoms with Crippen molar-refractivity contribution in [2.75, 3.05) is 0 Å². The van der Waals surface area contributed by atoms with E-state index in [1.807, 2.05) is 79.1 Å². The number of benzene rings is 3. The summed E-state index contributed by atoms with van der Waals surface area (Å²) >= 11 is 0. The van der Waals surface area contributed by atoms with Gasteiger partial charge in [-0.3, -0.25) is 9.97 Å². The quantitative estimate of drug-likeness (QED) is 0.204. The fourth-order valence-corrected chi connectivity index (χ4v) is 4.22. The minimum atomic E-state index is 0. The van der Waals surface area contributed by atoms with Crippen LogP contribution in [0.25, 0.3) is 38.6 Å². The molecule has 38 heavy (non-hydrogen) atoms. The maximum Gasteiger partial charge on any atom is 0.254 e. The molecule has 0 unspecified atom stereocenters. The van der Waals surface area contributed by atoms with Gasteiger partial charge in [0.15, 0.2) is 0 Å². The number of pyridine rings is 1. The first-order chi connectivity index (χ1) is 18.2. The molecule has 6 rings (SSSR count). The van der Waals surface area contributed by atoms with Crippen LogP contribution in [-0.2, 0) is 33.1 Å². The number of imidazole rings is 1. The summed E-state index contributed by atoms with van der Waals surface area (Å²) in [5, 5.41) is 18.3. The molecular formula is C31H18IrN6-2. The van der Waals surface area contributed by atoms with Crippen molar-refractivity contribution in [3.8, 4) is 45.9 Å². The van der Waals surface area contributed by atoms with Gasteiger partial charge in [0.2, 0.25) is 0 Å². The Morgan fingerprint density at radius 2 is 1.76 bits per heavy atom.